The molecule has 0 saturated carbocycles. The molecule has 6 rings (SSSR count). The lowest BCUT2D eigenvalue weighted by molar-refractivity contribution is -0.125. The number of hydrogen-bond acceptors (Lipinski definition) is 3. The van der Waals surface area contributed by atoms with E-state index in [0.29, 0.717) is 11.6 Å². The highest BCUT2D eigenvalue weighted by molar-refractivity contribution is 6.04. The lowest BCUT2D eigenvalue weighted by Crippen LogP contribution is -2.51. The van der Waals surface area contributed by atoms with Crippen LogP contribution < -0.4 is 10.6 Å². The van der Waals surface area contributed by atoms with E-state index in [4.69, 9.17) is 0 Å². The second kappa shape index (κ2) is 10.4. The third-order valence-corrected chi connectivity index (χ3v) is 6.71. The number of fused-ring (bicyclic) bond motifs is 3. The molecule has 2 bridgehead atoms. The minimum absolute atomic E-state index is 0. The van der Waals surface area contributed by atoms with E-state index in [9.17, 15) is 14.0 Å². The molecule has 1 atom stereocenters. The molecule has 0 unspecified atom stereocenters. The van der Waals surface area contributed by atoms with Crippen molar-refractivity contribution in [3.63, 3.8) is 0 Å². The Kier molecular flexibility index (Phi) is 7.29. The quantitative estimate of drug-likeness (QED) is 0.511. The normalized spacial score (nSPS) is 20.8. The molecule has 2 amide bonds. The van der Waals surface area contributed by atoms with Gasteiger partial charge in [0.1, 0.15) is 5.82 Å². The molecule has 3 heterocycles. The fraction of sp³-hybridized carbons (Fsp3) is 0.259. The van der Waals surface area contributed by atoms with Gasteiger partial charge in [0.2, 0.25) is 5.91 Å². The average Bonchev–Trinajstić information content (AvgIpc) is 2.86. The van der Waals surface area contributed by atoms with Gasteiger partial charge in [0.15, 0.2) is 0 Å². The van der Waals surface area contributed by atoms with Crippen molar-refractivity contribution in [3.8, 4) is 11.1 Å². The second-order valence-electron chi connectivity index (χ2n) is 8.85. The van der Waals surface area contributed by atoms with Gasteiger partial charge in [0, 0.05) is 23.5 Å². The first-order valence-electron chi connectivity index (χ1n) is 11.4. The van der Waals surface area contributed by atoms with Gasteiger partial charge in [-0.2, -0.15) is 0 Å². The molecule has 3 aromatic rings. The van der Waals surface area contributed by atoms with Gasteiger partial charge in [-0.25, -0.2) is 4.39 Å². The summed E-state index contributed by atoms with van der Waals surface area (Å²) in [4.78, 5) is 27.4. The molecule has 3 aliphatic rings. The van der Waals surface area contributed by atoms with E-state index in [1.54, 1.807) is 6.07 Å². The highest BCUT2D eigenvalue weighted by Crippen LogP contribution is 2.33. The van der Waals surface area contributed by atoms with Crippen LogP contribution in [0.3, 0.4) is 0 Å². The van der Waals surface area contributed by atoms with Gasteiger partial charge in [-0.05, 0) is 85.4 Å². The number of benzene rings is 3. The van der Waals surface area contributed by atoms with E-state index in [2.05, 4.69) is 15.5 Å². The standard InChI is InChI=1S/C27H26FN3O2.ClH/c28-22-3-1-2-21(16-22)26(32)29-23-8-4-18(5-9-23)19-6-10-24(11-7-19)30-27(33)25-17-31-14-12-20(25)13-15-31;/h1-11,16,20,25H,12-15,17H2,(H,29,32)(H,30,33);1H/t25-;/m0./s1. The zero-order valence-electron chi connectivity index (χ0n) is 18.7. The minimum Gasteiger partial charge on any atom is -0.326 e. The number of halogens is 2. The van der Waals surface area contributed by atoms with Crippen molar-refractivity contribution in [1.29, 1.82) is 0 Å². The maximum atomic E-state index is 13.3. The monoisotopic (exact) mass is 479 g/mol. The van der Waals surface area contributed by atoms with E-state index in [-0.39, 0.29) is 35.7 Å². The topological polar surface area (TPSA) is 61.4 Å². The fourth-order valence-corrected chi connectivity index (χ4v) is 4.82. The molecule has 0 spiro atoms. The molecule has 0 aromatic heterocycles. The highest BCUT2D eigenvalue weighted by Gasteiger charge is 2.38. The Balaban J connectivity index is 0.00000274. The Bertz CT molecular complexity index is 1160. The molecule has 0 aliphatic carbocycles. The Morgan fingerprint density at radius 1 is 0.824 bits per heavy atom. The summed E-state index contributed by atoms with van der Waals surface area (Å²) in [5.74, 6) is -0.0845. The summed E-state index contributed by atoms with van der Waals surface area (Å²) in [5, 5.41) is 5.87. The molecule has 3 saturated heterocycles. The van der Waals surface area contributed by atoms with E-state index in [0.717, 1.165) is 49.3 Å². The van der Waals surface area contributed by atoms with Gasteiger partial charge >= 0.3 is 0 Å². The number of carbonyl (C=O) groups excluding carboxylic acids is 2. The SMILES string of the molecule is Cl.O=C(Nc1ccc(-c2ccc(NC(=O)[C@H]3CN4CCC3CC4)cc2)cc1)c1cccc(F)c1. The van der Waals surface area contributed by atoms with Gasteiger partial charge in [0.05, 0.1) is 5.92 Å². The molecule has 2 N–H and O–H groups in total. The number of nitrogens with one attached hydrogen (secondary N) is 2. The summed E-state index contributed by atoms with van der Waals surface area (Å²) in [6, 6.07) is 20.9. The van der Waals surface area contributed by atoms with Crippen LogP contribution in [-0.4, -0.2) is 36.3 Å². The number of carbonyl (C=O) groups is 2. The Hall–Kier alpha value is -3.22. The smallest absolute Gasteiger partial charge is 0.255 e. The van der Waals surface area contributed by atoms with E-state index in [1.165, 1.54) is 18.2 Å². The predicted molar refractivity (Wildman–Crippen MR) is 135 cm³/mol. The number of rotatable bonds is 5. The number of amides is 2. The third kappa shape index (κ3) is 5.29. The predicted octanol–water partition coefficient (Wildman–Crippen LogP) is 5.45. The van der Waals surface area contributed by atoms with Crippen molar-refractivity contribution >= 4 is 35.6 Å². The first kappa shape index (κ1) is 23.9. The number of nitrogens with zero attached hydrogens (tertiary/aromatic N) is 1. The van der Waals surface area contributed by atoms with Crippen molar-refractivity contribution in [2.24, 2.45) is 11.8 Å². The van der Waals surface area contributed by atoms with Crippen LogP contribution in [0.2, 0.25) is 0 Å². The second-order valence-corrected chi connectivity index (χ2v) is 8.85. The summed E-state index contributed by atoms with van der Waals surface area (Å²) in [6.07, 6.45) is 2.24. The van der Waals surface area contributed by atoms with Crippen molar-refractivity contribution in [2.45, 2.75) is 12.8 Å². The maximum Gasteiger partial charge on any atom is 0.255 e. The summed E-state index contributed by atoms with van der Waals surface area (Å²) in [5.41, 5.74) is 3.72. The largest absolute Gasteiger partial charge is 0.326 e. The number of piperidine rings is 3. The Morgan fingerprint density at radius 3 is 1.94 bits per heavy atom. The van der Waals surface area contributed by atoms with Gasteiger partial charge < -0.3 is 15.5 Å². The zero-order valence-corrected chi connectivity index (χ0v) is 19.5. The van der Waals surface area contributed by atoms with Crippen molar-refractivity contribution in [1.82, 2.24) is 4.90 Å². The van der Waals surface area contributed by atoms with Crippen molar-refractivity contribution < 1.29 is 14.0 Å². The molecule has 176 valence electrons. The number of hydrogen-bond donors (Lipinski definition) is 2. The minimum atomic E-state index is -0.443. The lowest BCUT2D eigenvalue weighted by Gasteiger charge is -2.43. The maximum absolute atomic E-state index is 13.3. The van der Waals surface area contributed by atoms with Crippen LogP contribution in [0.1, 0.15) is 23.2 Å². The fourth-order valence-electron chi connectivity index (χ4n) is 4.82. The van der Waals surface area contributed by atoms with Crippen LogP contribution in [0.25, 0.3) is 11.1 Å². The van der Waals surface area contributed by atoms with E-state index < -0.39 is 5.82 Å². The Morgan fingerprint density at radius 2 is 1.41 bits per heavy atom. The molecule has 5 nitrogen and oxygen atoms in total. The van der Waals surface area contributed by atoms with Crippen LogP contribution in [0.15, 0.2) is 72.8 Å². The third-order valence-electron chi connectivity index (χ3n) is 6.71. The summed E-state index contributed by atoms with van der Waals surface area (Å²) >= 11 is 0. The van der Waals surface area contributed by atoms with Gasteiger partial charge in [-0.3, -0.25) is 9.59 Å². The van der Waals surface area contributed by atoms with Gasteiger partial charge in [-0.15, -0.1) is 12.4 Å². The molecule has 3 fully saturated rings. The Labute approximate surface area is 204 Å². The van der Waals surface area contributed by atoms with Gasteiger partial charge in [0.25, 0.3) is 5.91 Å². The molecule has 7 heteroatoms. The van der Waals surface area contributed by atoms with E-state index >= 15 is 0 Å². The summed E-state index contributed by atoms with van der Waals surface area (Å²) < 4.78 is 13.3. The highest BCUT2D eigenvalue weighted by atomic mass is 35.5. The summed E-state index contributed by atoms with van der Waals surface area (Å²) in [6.45, 7) is 3.11. The van der Waals surface area contributed by atoms with E-state index in [1.807, 2.05) is 48.5 Å². The first-order valence-corrected chi connectivity index (χ1v) is 11.4. The van der Waals surface area contributed by atoms with Crippen LogP contribution in [0.4, 0.5) is 15.8 Å². The van der Waals surface area contributed by atoms with Gasteiger partial charge in [-0.1, -0.05) is 30.3 Å². The zero-order chi connectivity index (χ0) is 22.8. The average molecular weight is 480 g/mol. The molecule has 34 heavy (non-hydrogen) atoms. The number of anilines is 2. The van der Waals surface area contributed by atoms with Crippen LogP contribution in [0.5, 0.6) is 0 Å². The van der Waals surface area contributed by atoms with Crippen LogP contribution in [-0.2, 0) is 4.79 Å². The van der Waals surface area contributed by atoms with Crippen LogP contribution >= 0.6 is 12.4 Å². The molecule has 3 aromatic carbocycles. The lowest BCUT2D eigenvalue weighted by atomic mass is 9.78. The molecular weight excluding hydrogens is 453 g/mol. The molecule has 3 aliphatic heterocycles. The van der Waals surface area contributed by atoms with Crippen molar-refractivity contribution in [2.75, 3.05) is 30.3 Å². The summed E-state index contributed by atoms with van der Waals surface area (Å²) in [7, 11) is 0. The van der Waals surface area contributed by atoms with Crippen molar-refractivity contribution in [3.05, 3.63) is 84.2 Å². The first-order chi connectivity index (χ1) is 16.0. The van der Waals surface area contributed by atoms with Crippen LogP contribution in [0, 0.1) is 17.7 Å². The molecular formula is C27H27ClFN3O2. The molecule has 0 radical (unpaired) electrons.